The maximum absolute atomic E-state index is 11.8. The van der Waals surface area contributed by atoms with E-state index in [0.717, 1.165) is 11.3 Å². The largest absolute Gasteiger partial charge is 0.347 e. The third kappa shape index (κ3) is 3.94. The van der Waals surface area contributed by atoms with E-state index in [-0.39, 0.29) is 24.8 Å². The molecule has 1 aliphatic carbocycles. The molecule has 1 fully saturated rings. The Balaban J connectivity index is 1.42. The van der Waals surface area contributed by atoms with Crippen molar-refractivity contribution < 1.29 is 9.59 Å². The van der Waals surface area contributed by atoms with Gasteiger partial charge in [0.15, 0.2) is 5.82 Å². The molecule has 1 aromatic carbocycles. The van der Waals surface area contributed by atoms with Crippen LogP contribution < -0.4 is 10.6 Å². The van der Waals surface area contributed by atoms with Gasteiger partial charge in [0.1, 0.15) is 0 Å². The van der Waals surface area contributed by atoms with Crippen molar-refractivity contribution in [1.82, 2.24) is 15.5 Å². The zero-order valence-electron chi connectivity index (χ0n) is 12.1. The molecule has 1 aliphatic rings. The standard InChI is InChI=1S/C16H18N4O2/c21-15(8-11-4-2-1-3-5-11)17-10-16(22)18-14-9-13(19-20-14)12-6-7-12/h1-5,9,12H,6-8,10H2,(H,17,21)(H2,18,19,20,22). The third-order valence-corrected chi connectivity index (χ3v) is 3.54. The number of rotatable bonds is 6. The first-order valence-electron chi connectivity index (χ1n) is 7.36. The topological polar surface area (TPSA) is 86.9 Å². The van der Waals surface area contributed by atoms with E-state index in [0.29, 0.717) is 11.7 Å². The first kappa shape index (κ1) is 14.3. The van der Waals surface area contributed by atoms with E-state index in [1.807, 2.05) is 36.4 Å². The maximum atomic E-state index is 11.8. The van der Waals surface area contributed by atoms with Crippen molar-refractivity contribution >= 4 is 17.6 Å². The van der Waals surface area contributed by atoms with Gasteiger partial charge < -0.3 is 10.6 Å². The van der Waals surface area contributed by atoms with E-state index in [1.165, 1.54) is 12.8 Å². The highest BCUT2D eigenvalue weighted by atomic mass is 16.2. The fourth-order valence-electron chi connectivity index (χ4n) is 2.21. The Labute approximate surface area is 128 Å². The summed E-state index contributed by atoms with van der Waals surface area (Å²) < 4.78 is 0. The number of hydrogen-bond donors (Lipinski definition) is 3. The Hall–Kier alpha value is -2.63. The van der Waals surface area contributed by atoms with Gasteiger partial charge in [-0.2, -0.15) is 5.10 Å². The van der Waals surface area contributed by atoms with Crippen LogP contribution in [0, 0.1) is 0 Å². The van der Waals surface area contributed by atoms with Crippen molar-refractivity contribution in [3.63, 3.8) is 0 Å². The lowest BCUT2D eigenvalue weighted by Gasteiger charge is -2.05. The van der Waals surface area contributed by atoms with Crippen LogP contribution >= 0.6 is 0 Å². The fourth-order valence-corrected chi connectivity index (χ4v) is 2.21. The summed E-state index contributed by atoms with van der Waals surface area (Å²) >= 11 is 0. The zero-order chi connectivity index (χ0) is 15.4. The quantitative estimate of drug-likeness (QED) is 0.757. The number of carbonyl (C=O) groups is 2. The van der Waals surface area contributed by atoms with Gasteiger partial charge in [0.2, 0.25) is 11.8 Å². The molecule has 0 aliphatic heterocycles. The highest BCUT2D eigenvalue weighted by Gasteiger charge is 2.25. The van der Waals surface area contributed by atoms with E-state index < -0.39 is 0 Å². The second kappa shape index (κ2) is 6.43. The van der Waals surface area contributed by atoms with Gasteiger partial charge in [0.05, 0.1) is 13.0 Å². The smallest absolute Gasteiger partial charge is 0.244 e. The van der Waals surface area contributed by atoms with Crippen LogP contribution in [0.1, 0.15) is 30.0 Å². The van der Waals surface area contributed by atoms with Crippen molar-refractivity contribution in [3.05, 3.63) is 47.7 Å². The van der Waals surface area contributed by atoms with Gasteiger partial charge in [-0.1, -0.05) is 30.3 Å². The summed E-state index contributed by atoms with van der Waals surface area (Å²) in [6.45, 7) is -0.0582. The highest BCUT2D eigenvalue weighted by molar-refractivity contribution is 5.94. The maximum Gasteiger partial charge on any atom is 0.244 e. The molecule has 22 heavy (non-hydrogen) atoms. The van der Waals surface area contributed by atoms with Gasteiger partial charge in [0, 0.05) is 17.7 Å². The molecular weight excluding hydrogens is 280 g/mol. The molecule has 114 valence electrons. The second-order valence-electron chi connectivity index (χ2n) is 5.47. The molecule has 6 heteroatoms. The number of aromatic amines is 1. The summed E-state index contributed by atoms with van der Waals surface area (Å²) in [4.78, 5) is 23.5. The Morgan fingerprint density at radius 2 is 1.95 bits per heavy atom. The number of benzene rings is 1. The average Bonchev–Trinajstić information content (AvgIpc) is 3.27. The summed E-state index contributed by atoms with van der Waals surface area (Å²) in [5.41, 5.74) is 1.98. The van der Waals surface area contributed by atoms with Crippen LogP contribution in [0.5, 0.6) is 0 Å². The van der Waals surface area contributed by atoms with Crippen LogP contribution in [0.3, 0.4) is 0 Å². The summed E-state index contributed by atoms with van der Waals surface area (Å²) in [6.07, 6.45) is 2.61. The van der Waals surface area contributed by atoms with E-state index in [4.69, 9.17) is 0 Å². The SMILES string of the molecule is O=C(Cc1ccccc1)NCC(=O)Nc1cc(C2CC2)[nH]n1. The van der Waals surface area contributed by atoms with Gasteiger partial charge in [-0.15, -0.1) is 0 Å². The predicted octanol–water partition coefficient (Wildman–Crippen LogP) is 1.58. The summed E-state index contributed by atoms with van der Waals surface area (Å²) in [5, 5.41) is 12.2. The van der Waals surface area contributed by atoms with Crippen LogP contribution in [0.2, 0.25) is 0 Å². The summed E-state index contributed by atoms with van der Waals surface area (Å²) in [5.74, 6) is 0.602. The van der Waals surface area contributed by atoms with Gasteiger partial charge >= 0.3 is 0 Å². The molecule has 6 nitrogen and oxygen atoms in total. The number of anilines is 1. The molecule has 0 bridgehead atoms. The average molecular weight is 298 g/mol. The number of nitrogens with one attached hydrogen (secondary N) is 3. The zero-order valence-corrected chi connectivity index (χ0v) is 12.1. The van der Waals surface area contributed by atoms with Gasteiger partial charge in [-0.3, -0.25) is 14.7 Å². The lowest BCUT2D eigenvalue weighted by molar-refractivity contribution is -0.123. The molecule has 0 spiro atoms. The number of nitrogens with zero attached hydrogens (tertiary/aromatic N) is 1. The molecule has 2 aromatic rings. The number of aromatic nitrogens is 2. The Bertz CT molecular complexity index is 662. The van der Waals surface area contributed by atoms with Gasteiger partial charge in [-0.25, -0.2) is 0 Å². The van der Waals surface area contributed by atoms with Crippen molar-refractivity contribution in [2.45, 2.75) is 25.2 Å². The lowest BCUT2D eigenvalue weighted by Crippen LogP contribution is -2.33. The lowest BCUT2D eigenvalue weighted by atomic mass is 10.1. The summed E-state index contributed by atoms with van der Waals surface area (Å²) in [6, 6.07) is 11.3. The monoisotopic (exact) mass is 298 g/mol. The Morgan fingerprint density at radius 1 is 1.18 bits per heavy atom. The second-order valence-corrected chi connectivity index (χ2v) is 5.47. The molecule has 1 heterocycles. The Kier molecular flexibility index (Phi) is 4.18. The number of carbonyl (C=O) groups excluding carboxylic acids is 2. The predicted molar refractivity (Wildman–Crippen MR) is 82.3 cm³/mol. The molecule has 3 rings (SSSR count). The molecule has 1 saturated carbocycles. The summed E-state index contributed by atoms with van der Waals surface area (Å²) in [7, 11) is 0. The fraction of sp³-hybridized carbons (Fsp3) is 0.312. The molecule has 0 atom stereocenters. The molecular formula is C16H18N4O2. The van der Waals surface area contributed by atoms with Crippen molar-refractivity contribution in [2.24, 2.45) is 0 Å². The molecule has 1 aromatic heterocycles. The van der Waals surface area contributed by atoms with Crippen LogP contribution in [-0.4, -0.2) is 28.6 Å². The molecule has 0 unspecified atom stereocenters. The first-order chi connectivity index (χ1) is 10.7. The minimum atomic E-state index is -0.282. The number of H-pyrrole nitrogens is 1. The number of hydrogen-bond acceptors (Lipinski definition) is 3. The normalized spacial score (nSPS) is 13.6. The third-order valence-electron chi connectivity index (χ3n) is 3.54. The van der Waals surface area contributed by atoms with Crippen LogP contribution in [0.15, 0.2) is 36.4 Å². The van der Waals surface area contributed by atoms with Gasteiger partial charge in [0.25, 0.3) is 0 Å². The van der Waals surface area contributed by atoms with E-state index >= 15 is 0 Å². The molecule has 0 radical (unpaired) electrons. The molecule has 2 amide bonds. The molecule has 3 N–H and O–H groups in total. The number of amides is 2. The van der Waals surface area contributed by atoms with Crippen LogP contribution in [0.25, 0.3) is 0 Å². The van der Waals surface area contributed by atoms with Crippen LogP contribution in [0.4, 0.5) is 5.82 Å². The van der Waals surface area contributed by atoms with Crippen molar-refractivity contribution in [2.75, 3.05) is 11.9 Å². The first-order valence-corrected chi connectivity index (χ1v) is 7.36. The highest BCUT2D eigenvalue weighted by Crippen LogP contribution is 2.39. The van der Waals surface area contributed by atoms with Gasteiger partial charge in [-0.05, 0) is 18.4 Å². The van der Waals surface area contributed by atoms with E-state index in [1.54, 1.807) is 0 Å². The Morgan fingerprint density at radius 3 is 2.68 bits per heavy atom. The van der Waals surface area contributed by atoms with E-state index in [2.05, 4.69) is 20.8 Å². The van der Waals surface area contributed by atoms with E-state index in [9.17, 15) is 9.59 Å². The molecule has 0 saturated heterocycles. The minimum absolute atomic E-state index is 0.0582. The van der Waals surface area contributed by atoms with Crippen molar-refractivity contribution in [1.29, 1.82) is 0 Å². The van der Waals surface area contributed by atoms with Crippen LogP contribution in [-0.2, 0) is 16.0 Å². The minimum Gasteiger partial charge on any atom is -0.347 e. The van der Waals surface area contributed by atoms with Crippen molar-refractivity contribution in [3.8, 4) is 0 Å².